The Labute approximate surface area is 177 Å². The highest BCUT2D eigenvalue weighted by molar-refractivity contribution is 7.14. The molecule has 1 amide bonds. The summed E-state index contributed by atoms with van der Waals surface area (Å²) in [4.78, 5) is 21.4. The van der Waals surface area contributed by atoms with E-state index in [1.54, 1.807) is 34.4 Å². The minimum Gasteiger partial charge on any atom is -0.365 e. The van der Waals surface area contributed by atoms with Crippen LogP contribution in [0.1, 0.15) is 56.3 Å². The molecule has 1 fully saturated rings. The van der Waals surface area contributed by atoms with Gasteiger partial charge in [0.1, 0.15) is 5.82 Å². The van der Waals surface area contributed by atoms with Crippen molar-refractivity contribution < 1.29 is 18.4 Å². The minimum atomic E-state index is -0.473. The van der Waals surface area contributed by atoms with Crippen molar-refractivity contribution in [2.24, 2.45) is 0 Å². The van der Waals surface area contributed by atoms with Gasteiger partial charge in [0.05, 0.1) is 18.0 Å². The lowest BCUT2D eigenvalue weighted by Gasteiger charge is -2.30. The molecule has 8 heteroatoms. The van der Waals surface area contributed by atoms with Crippen molar-refractivity contribution >= 4 is 17.2 Å². The van der Waals surface area contributed by atoms with Crippen molar-refractivity contribution in [3.05, 3.63) is 68.7 Å². The summed E-state index contributed by atoms with van der Waals surface area (Å²) >= 11 is 1.62. The third kappa shape index (κ3) is 3.89. The van der Waals surface area contributed by atoms with Crippen LogP contribution in [0.25, 0.3) is 0 Å². The molecule has 3 heterocycles. The van der Waals surface area contributed by atoms with E-state index in [0.29, 0.717) is 37.0 Å². The second kappa shape index (κ2) is 8.28. The molecule has 0 saturated carbocycles. The molecule has 1 aromatic carbocycles. The molecular weight excluding hydrogens is 405 g/mol. The molecule has 3 aromatic rings. The van der Waals surface area contributed by atoms with E-state index in [2.05, 4.69) is 16.2 Å². The van der Waals surface area contributed by atoms with Crippen LogP contribution in [0.2, 0.25) is 0 Å². The van der Waals surface area contributed by atoms with Gasteiger partial charge >= 0.3 is 0 Å². The summed E-state index contributed by atoms with van der Waals surface area (Å²) in [6, 6.07) is 8.59. The largest absolute Gasteiger partial charge is 0.365 e. The molecule has 2 aromatic heterocycles. The topological polar surface area (TPSA) is 68.5 Å². The van der Waals surface area contributed by atoms with E-state index in [1.165, 1.54) is 29.3 Å². The maximum Gasteiger partial charge on any atom is 0.264 e. The Kier molecular flexibility index (Phi) is 5.35. The monoisotopic (exact) mass is 427 g/mol. The first kappa shape index (κ1) is 19.4. The number of morpholine rings is 1. The van der Waals surface area contributed by atoms with Crippen molar-refractivity contribution in [3.63, 3.8) is 0 Å². The van der Waals surface area contributed by atoms with Gasteiger partial charge in [-0.25, -0.2) is 4.39 Å². The first-order chi connectivity index (χ1) is 14.7. The standard InChI is InChI=1S/C22H22FN3O3S/c23-16-7-3-1-5-14(16)12-20-24-21(29-25-20)17-13-26(9-10-28-17)22(27)19-11-15-6-2-4-8-18(15)30-19/h1,3,5,7,11,17H,2,4,6,8-10,12-13H2/t17-/m1/s1. The number of fused-ring (bicyclic) bond motifs is 1. The molecule has 2 aliphatic rings. The zero-order valence-corrected chi connectivity index (χ0v) is 17.3. The van der Waals surface area contributed by atoms with Gasteiger partial charge in [0.2, 0.25) is 0 Å². The van der Waals surface area contributed by atoms with Gasteiger partial charge in [-0.3, -0.25) is 4.79 Å². The number of thiophene rings is 1. The van der Waals surface area contributed by atoms with Crippen LogP contribution >= 0.6 is 11.3 Å². The summed E-state index contributed by atoms with van der Waals surface area (Å²) in [5, 5.41) is 3.97. The van der Waals surface area contributed by atoms with Crippen molar-refractivity contribution in [3.8, 4) is 0 Å². The Morgan fingerprint density at radius 2 is 2.13 bits per heavy atom. The Morgan fingerprint density at radius 3 is 3.00 bits per heavy atom. The van der Waals surface area contributed by atoms with Gasteiger partial charge < -0.3 is 14.2 Å². The fourth-order valence-corrected chi connectivity index (χ4v) is 5.24. The van der Waals surface area contributed by atoms with Gasteiger partial charge in [0, 0.05) is 17.8 Å². The summed E-state index contributed by atoms with van der Waals surface area (Å²) in [5.74, 6) is 0.458. The number of amides is 1. The van der Waals surface area contributed by atoms with Gasteiger partial charge in [-0.05, 0) is 48.9 Å². The van der Waals surface area contributed by atoms with Crippen LogP contribution in [0.4, 0.5) is 4.39 Å². The number of aryl methyl sites for hydroxylation is 2. The first-order valence-electron chi connectivity index (χ1n) is 10.3. The fourth-order valence-electron chi connectivity index (χ4n) is 4.02. The second-order valence-electron chi connectivity index (χ2n) is 7.69. The summed E-state index contributed by atoms with van der Waals surface area (Å²) < 4.78 is 25.0. The predicted octanol–water partition coefficient (Wildman–Crippen LogP) is 3.95. The van der Waals surface area contributed by atoms with E-state index in [9.17, 15) is 9.18 Å². The normalized spacial score (nSPS) is 19.0. The highest BCUT2D eigenvalue weighted by atomic mass is 32.1. The molecule has 0 radical (unpaired) electrons. The lowest BCUT2D eigenvalue weighted by molar-refractivity contribution is -0.0365. The van der Waals surface area contributed by atoms with Crippen molar-refractivity contribution in [1.82, 2.24) is 15.0 Å². The van der Waals surface area contributed by atoms with Gasteiger partial charge in [0.25, 0.3) is 11.8 Å². The number of aromatic nitrogens is 2. The fraction of sp³-hybridized carbons (Fsp3) is 0.409. The minimum absolute atomic E-state index is 0.0359. The number of benzene rings is 1. The SMILES string of the molecule is O=C(c1cc2c(s1)CCCC2)N1CCO[C@@H](c2nc(Cc3ccccc3F)no2)C1. The lowest BCUT2D eigenvalue weighted by atomic mass is 9.99. The summed E-state index contributed by atoms with van der Waals surface area (Å²) in [7, 11) is 0. The Bertz CT molecular complexity index is 1040. The number of nitrogens with zero attached hydrogens (tertiary/aromatic N) is 3. The highest BCUT2D eigenvalue weighted by Gasteiger charge is 2.31. The van der Waals surface area contributed by atoms with Crippen LogP contribution in [-0.4, -0.2) is 40.6 Å². The Hall–Kier alpha value is -2.58. The zero-order chi connectivity index (χ0) is 20.5. The van der Waals surface area contributed by atoms with E-state index in [1.807, 2.05) is 0 Å². The van der Waals surface area contributed by atoms with E-state index in [-0.39, 0.29) is 18.1 Å². The number of hydrogen-bond acceptors (Lipinski definition) is 6. The first-order valence-corrected chi connectivity index (χ1v) is 11.1. The smallest absolute Gasteiger partial charge is 0.264 e. The van der Waals surface area contributed by atoms with Gasteiger partial charge in [-0.15, -0.1) is 11.3 Å². The summed E-state index contributed by atoms with van der Waals surface area (Å²) in [6.45, 7) is 1.31. The number of ether oxygens (including phenoxy) is 1. The van der Waals surface area contributed by atoms with E-state index >= 15 is 0 Å². The van der Waals surface area contributed by atoms with E-state index in [0.717, 1.165) is 17.7 Å². The van der Waals surface area contributed by atoms with Crippen LogP contribution in [-0.2, 0) is 24.0 Å². The number of rotatable bonds is 4. The number of carbonyl (C=O) groups excluding carboxylic acids is 1. The predicted molar refractivity (Wildman–Crippen MR) is 109 cm³/mol. The van der Waals surface area contributed by atoms with Crippen molar-refractivity contribution in [1.29, 1.82) is 0 Å². The molecule has 1 aliphatic carbocycles. The second-order valence-corrected chi connectivity index (χ2v) is 8.83. The molecule has 1 saturated heterocycles. The van der Waals surface area contributed by atoms with Crippen LogP contribution < -0.4 is 0 Å². The highest BCUT2D eigenvalue weighted by Crippen LogP contribution is 2.31. The third-order valence-corrected chi connectivity index (χ3v) is 6.85. The molecular formula is C22H22FN3O3S. The van der Waals surface area contributed by atoms with Gasteiger partial charge in [-0.1, -0.05) is 23.4 Å². The van der Waals surface area contributed by atoms with Crippen molar-refractivity contribution in [2.75, 3.05) is 19.7 Å². The van der Waals surface area contributed by atoms with Gasteiger partial charge in [0.15, 0.2) is 11.9 Å². The molecule has 0 N–H and O–H groups in total. The van der Waals surface area contributed by atoms with E-state index < -0.39 is 6.10 Å². The maximum atomic E-state index is 13.9. The molecule has 1 aliphatic heterocycles. The molecule has 5 rings (SSSR count). The zero-order valence-electron chi connectivity index (χ0n) is 16.5. The van der Waals surface area contributed by atoms with Crippen molar-refractivity contribution in [2.45, 2.75) is 38.2 Å². The van der Waals surface area contributed by atoms with Crippen LogP contribution in [0.5, 0.6) is 0 Å². The van der Waals surface area contributed by atoms with Crippen LogP contribution in [0, 0.1) is 5.82 Å². The Morgan fingerprint density at radius 1 is 1.27 bits per heavy atom. The molecule has 1 atom stereocenters. The molecule has 0 unspecified atom stereocenters. The molecule has 0 spiro atoms. The number of halogens is 1. The van der Waals surface area contributed by atoms with E-state index in [4.69, 9.17) is 9.26 Å². The molecule has 0 bridgehead atoms. The molecule has 6 nitrogen and oxygen atoms in total. The third-order valence-electron chi connectivity index (χ3n) is 5.63. The average molecular weight is 428 g/mol. The Balaban J connectivity index is 1.27. The lowest BCUT2D eigenvalue weighted by Crippen LogP contribution is -2.42. The van der Waals surface area contributed by atoms with Crippen LogP contribution in [0.15, 0.2) is 34.9 Å². The number of hydrogen-bond donors (Lipinski definition) is 0. The summed E-state index contributed by atoms with van der Waals surface area (Å²) in [6.07, 6.45) is 4.31. The molecule has 156 valence electrons. The average Bonchev–Trinajstić information content (AvgIpc) is 3.42. The molecule has 30 heavy (non-hydrogen) atoms. The maximum absolute atomic E-state index is 13.9. The van der Waals surface area contributed by atoms with Gasteiger partial charge in [-0.2, -0.15) is 4.98 Å². The summed E-state index contributed by atoms with van der Waals surface area (Å²) in [5.41, 5.74) is 1.84. The number of carbonyl (C=O) groups is 1. The van der Waals surface area contributed by atoms with Crippen LogP contribution in [0.3, 0.4) is 0 Å². The quantitative estimate of drug-likeness (QED) is 0.631.